The second-order valence-electron chi connectivity index (χ2n) is 5.21. The van der Waals surface area contributed by atoms with Gasteiger partial charge in [0.15, 0.2) is 0 Å². The topological polar surface area (TPSA) is 20.3 Å². The number of anilines is 2. The van der Waals surface area contributed by atoms with Gasteiger partial charge in [0.2, 0.25) is 5.91 Å². The number of thioether (sulfide) groups is 1. The van der Waals surface area contributed by atoms with Crippen LogP contribution in [0.3, 0.4) is 0 Å². The highest BCUT2D eigenvalue weighted by Gasteiger charge is 2.23. The molecule has 0 bridgehead atoms. The Kier molecular flexibility index (Phi) is 4.02. The molecule has 2 aromatic carbocycles. The van der Waals surface area contributed by atoms with E-state index in [0.717, 1.165) is 30.0 Å². The first-order chi connectivity index (χ1) is 10.2. The number of fused-ring (bicyclic) bond motifs is 2. The Balaban J connectivity index is 2.17. The van der Waals surface area contributed by atoms with Crippen LogP contribution in [-0.2, 0) is 17.6 Å². The fourth-order valence-corrected chi connectivity index (χ4v) is 3.59. The average Bonchev–Trinajstić information content (AvgIpc) is 2.63. The lowest BCUT2D eigenvalue weighted by molar-refractivity contribution is -0.115. The van der Waals surface area contributed by atoms with Crippen molar-refractivity contribution in [3.05, 3.63) is 53.6 Å². The van der Waals surface area contributed by atoms with Crippen molar-refractivity contribution in [3.8, 4) is 0 Å². The fraction of sp³-hybridized carbons (Fsp3) is 0.278. The molecule has 0 aromatic heterocycles. The molecule has 21 heavy (non-hydrogen) atoms. The molecular weight excluding hydrogens is 278 g/mol. The van der Waals surface area contributed by atoms with E-state index in [1.54, 1.807) is 6.92 Å². The minimum atomic E-state index is 0.0734. The van der Waals surface area contributed by atoms with E-state index in [2.05, 4.69) is 31.2 Å². The standard InChI is InChI=1S/C18H19NOS/c1-3-21-16-11-10-15-9-8-14-6-4-5-7-17(14)19(13(2)20)18(15)12-16/h4-7,10-12H,3,8-9H2,1-2H3. The van der Waals surface area contributed by atoms with E-state index in [1.807, 2.05) is 34.9 Å². The molecule has 108 valence electrons. The average molecular weight is 297 g/mol. The van der Waals surface area contributed by atoms with Crippen LogP contribution in [0.1, 0.15) is 25.0 Å². The van der Waals surface area contributed by atoms with Crippen molar-refractivity contribution in [1.82, 2.24) is 0 Å². The lowest BCUT2D eigenvalue weighted by Gasteiger charge is -2.24. The van der Waals surface area contributed by atoms with Gasteiger partial charge in [-0.1, -0.05) is 31.2 Å². The first-order valence-corrected chi connectivity index (χ1v) is 8.33. The Bertz CT molecular complexity index is 681. The maximum atomic E-state index is 12.3. The summed E-state index contributed by atoms with van der Waals surface area (Å²) in [6.07, 6.45) is 1.96. The minimum Gasteiger partial charge on any atom is -0.281 e. The van der Waals surface area contributed by atoms with Gasteiger partial charge in [-0.3, -0.25) is 9.69 Å². The molecule has 1 heterocycles. The molecule has 0 N–H and O–H groups in total. The summed E-state index contributed by atoms with van der Waals surface area (Å²) in [5.41, 5.74) is 4.57. The van der Waals surface area contributed by atoms with Gasteiger partial charge in [-0.15, -0.1) is 11.8 Å². The molecule has 0 atom stereocenters. The molecule has 3 rings (SSSR count). The van der Waals surface area contributed by atoms with E-state index in [1.165, 1.54) is 16.0 Å². The van der Waals surface area contributed by atoms with Crippen LogP contribution in [0, 0.1) is 0 Å². The summed E-state index contributed by atoms with van der Waals surface area (Å²) in [6.45, 7) is 3.79. The van der Waals surface area contributed by atoms with Gasteiger partial charge in [-0.2, -0.15) is 0 Å². The van der Waals surface area contributed by atoms with Crippen molar-refractivity contribution < 1.29 is 4.79 Å². The predicted octanol–water partition coefficient (Wildman–Crippen LogP) is 4.58. The molecule has 0 spiro atoms. The number of rotatable bonds is 2. The van der Waals surface area contributed by atoms with E-state index in [-0.39, 0.29) is 5.91 Å². The van der Waals surface area contributed by atoms with Crippen molar-refractivity contribution in [2.45, 2.75) is 31.6 Å². The summed E-state index contributed by atoms with van der Waals surface area (Å²) in [4.78, 5) is 15.4. The summed E-state index contributed by atoms with van der Waals surface area (Å²) in [5, 5.41) is 0. The van der Waals surface area contributed by atoms with Crippen LogP contribution in [0.2, 0.25) is 0 Å². The lowest BCUT2D eigenvalue weighted by atomic mass is 10.0. The lowest BCUT2D eigenvalue weighted by Crippen LogP contribution is -2.23. The van der Waals surface area contributed by atoms with Crippen molar-refractivity contribution in [1.29, 1.82) is 0 Å². The van der Waals surface area contributed by atoms with Crippen LogP contribution in [0.15, 0.2) is 47.4 Å². The number of benzene rings is 2. The van der Waals surface area contributed by atoms with Gasteiger partial charge in [0.1, 0.15) is 0 Å². The number of amides is 1. The molecule has 1 aliphatic rings. The second-order valence-corrected chi connectivity index (χ2v) is 6.54. The molecule has 0 fully saturated rings. The quantitative estimate of drug-likeness (QED) is 0.756. The number of aryl methyl sites for hydroxylation is 2. The van der Waals surface area contributed by atoms with Crippen LogP contribution in [0.25, 0.3) is 0 Å². The molecule has 2 aromatic rings. The molecule has 0 radical (unpaired) electrons. The monoisotopic (exact) mass is 297 g/mol. The molecule has 1 amide bonds. The van der Waals surface area contributed by atoms with Gasteiger partial charge >= 0.3 is 0 Å². The third kappa shape index (κ3) is 2.70. The number of carbonyl (C=O) groups excluding carboxylic acids is 1. The first-order valence-electron chi connectivity index (χ1n) is 7.35. The van der Waals surface area contributed by atoms with Crippen molar-refractivity contribution >= 4 is 29.0 Å². The van der Waals surface area contributed by atoms with Crippen LogP contribution in [0.5, 0.6) is 0 Å². The zero-order valence-electron chi connectivity index (χ0n) is 12.4. The fourth-order valence-electron chi connectivity index (χ4n) is 2.90. The van der Waals surface area contributed by atoms with E-state index >= 15 is 0 Å². The Hall–Kier alpha value is -1.74. The predicted molar refractivity (Wildman–Crippen MR) is 89.5 cm³/mol. The summed E-state index contributed by atoms with van der Waals surface area (Å²) >= 11 is 1.81. The molecule has 0 unspecified atom stereocenters. The van der Waals surface area contributed by atoms with Gasteiger partial charge in [-0.05, 0) is 47.9 Å². The molecule has 0 saturated heterocycles. The number of carbonyl (C=O) groups is 1. The van der Waals surface area contributed by atoms with Gasteiger partial charge in [0.05, 0.1) is 11.4 Å². The highest BCUT2D eigenvalue weighted by molar-refractivity contribution is 7.99. The number of para-hydroxylation sites is 1. The van der Waals surface area contributed by atoms with Crippen LogP contribution < -0.4 is 4.90 Å². The molecule has 0 saturated carbocycles. The third-order valence-corrected chi connectivity index (χ3v) is 4.70. The van der Waals surface area contributed by atoms with E-state index < -0.39 is 0 Å². The van der Waals surface area contributed by atoms with Crippen LogP contribution >= 0.6 is 11.8 Å². The van der Waals surface area contributed by atoms with Crippen LogP contribution in [0.4, 0.5) is 11.4 Å². The highest BCUT2D eigenvalue weighted by atomic mass is 32.2. The molecular formula is C18H19NOS. The van der Waals surface area contributed by atoms with Crippen LogP contribution in [-0.4, -0.2) is 11.7 Å². The summed E-state index contributed by atoms with van der Waals surface area (Å²) in [5.74, 6) is 1.11. The van der Waals surface area contributed by atoms with E-state index in [0.29, 0.717) is 0 Å². The Morgan fingerprint density at radius 2 is 1.81 bits per heavy atom. The molecule has 3 heteroatoms. The van der Waals surface area contributed by atoms with E-state index in [9.17, 15) is 4.79 Å². The zero-order chi connectivity index (χ0) is 14.8. The second kappa shape index (κ2) is 5.94. The Morgan fingerprint density at radius 3 is 2.52 bits per heavy atom. The van der Waals surface area contributed by atoms with Crippen molar-refractivity contribution in [3.63, 3.8) is 0 Å². The van der Waals surface area contributed by atoms with Gasteiger partial charge in [0.25, 0.3) is 0 Å². The van der Waals surface area contributed by atoms with Gasteiger partial charge in [-0.25, -0.2) is 0 Å². The Labute approximate surface area is 130 Å². The molecule has 2 nitrogen and oxygen atoms in total. The third-order valence-electron chi connectivity index (χ3n) is 3.82. The first kappa shape index (κ1) is 14.2. The maximum absolute atomic E-state index is 12.3. The molecule has 1 aliphatic heterocycles. The SMILES string of the molecule is CCSc1ccc2c(c1)N(C(C)=O)c1ccccc1CC2. The summed E-state index contributed by atoms with van der Waals surface area (Å²) in [7, 11) is 0. The van der Waals surface area contributed by atoms with E-state index in [4.69, 9.17) is 0 Å². The number of hydrogen-bond donors (Lipinski definition) is 0. The summed E-state index contributed by atoms with van der Waals surface area (Å²) < 4.78 is 0. The highest BCUT2D eigenvalue weighted by Crippen LogP contribution is 2.38. The Morgan fingerprint density at radius 1 is 1.10 bits per heavy atom. The smallest absolute Gasteiger partial charge is 0.228 e. The normalized spacial score (nSPS) is 13.3. The minimum absolute atomic E-state index is 0.0734. The van der Waals surface area contributed by atoms with Gasteiger partial charge < -0.3 is 0 Å². The summed E-state index contributed by atoms with van der Waals surface area (Å²) in [6, 6.07) is 14.7. The maximum Gasteiger partial charge on any atom is 0.228 e. The van der Waals surface area contributed by atoms with Crippen molar-refractivity contribution in [2.24, 2.45) is 0 Å². The molecule has 0 aliphatic carbocycles. The zero-order valence-corrected chi connectivity index (χ0v) is 13.2. The van der Waals surface area contributed by atoms with Gasteiger partial charge in [0, 0.05) is 11.8 Å². The number of hydrogen-bond acceptors (Lipinski definition) is 2. The van der Waals surface area contributed by atoms with Crippen molar-refractivity contribution in [2.75, 3.05) is 10.7 Å². The largest absolute Gasteiger partial charge is 0.281 e. The number of nitrogens with zero attached hydrogens (tertiary/aromatic N) is 1.